The Balaban J connectivity index is 1.75. The molecule has 0 fully saturated rings. The molecule has 21 heavy (non-hydrogen) atoms. The Morgan fingerprint density at radius 3 is 3.00 bits per heavy atom. The van der Waals surface area contributed by atoms with Gasteiger partial charge in [-0.2, -0.15) is 4.37 Å². The summed E-state index contributed by atoms with van der Waals surface area (Å²) in [5, 5.41) is 2.98. The summed E-state index contributed by atoms with van der Waals surface area (Å²) in [6, 6.07) is 0. The Kier molecular flexibility index (Phi) is 4.08. The van der Waals surface area contributed by atoms with E-state index in [1.54, 1.807) is 11.3 Å². The number of amides is 1. The van der Waals surface area contributed by atoms with Gasteiger partial charge in [-0.05, 0) is 44.6 Å². The molecule has 0 unspecified atom stereocenters. The number of nitrogens with zero attached hydrogens (tertiary/aromatic N) is 3. The highest BCUT2D eigenvalue weighted by Crippen LogP contribution is 2.35. The molecule has 2 aromatic rings. The monoisotopic (exact) mass is 321 g/mol. The lowest BCUT2D eigenvalue weighted by Crippen LogP contribution is -2.32. The topological polar surface area (TPSA) is 46.1 Å². The SMILES string of the molecule is Cc1nc2c(s1)CCC[C@@H]2CN(C)C(=O)c1csnc1C. The van der Waals surface area contributed by atoms with Crippen molar-refractivity contribution in [1.29, 1.82) is 0 Å². The van der Waals surface area contributed by atoms with E-state index in [0.29, 0.717) is 5.92 Å². The predicted molar refractivity (Wildman–Crippen MR) is 86.3 cm³/mol. The van der Waals surface area contributed by atoms with Crippen LogP contribution in [0.5, 0.6) is 0 Å². The first-order valence-corrected chi connectivity index (χ1v) is 8.84. The fourth-order valence-corrected chi connectivity index (χ4v) is 4.67. The van der Waals surface area contributed by atoms with Crippen LogP contribution in [0.2, 0.25) is 0 Å². The lowest BCUT2D eigenvalue weighted by atomic mass is 9.90. The number of carbonyl (C=O) groups excluding carboxylic acids is 1. The molecule has 0 saturated carbocycles. The van der Waals surface area contributed by atoms with E-state index in [2.05, 4.69) is 11.3 Å². The van der Waals surface area contributed by atoms with Crippen molar-refractivity contribution in [2.24, 2.45) is 0 Å². The van der Waals surface area contributed by atoms with Crippen molar-refractivity contribution in [1.82, 2.24) is 14.3 Å². The summed E-state index contributed by atoms with van der Waals surface area (Å²) < 4.78 is 4.19. The molecule has 0 saturated heterocycles. The molecule has 4 nitrogen and oxygen atoms in total. The molecule has 0 bridgehead atoms. The quantitative estimate of drug-likeness (QED) is 0.870. The predicted octanol–water partition coefficient (Wildman–Crippen LogP) is 3.41. The van der Waals surface area contributed by atoms with Crippen LogP contribution in [0.3, 0.4) is 0 Å². The van der Waals surface area contributed by atoms with Crippen molar-refractivity contribution in [3.63, 3.8) is 0 Å². The van der Waals surface area contributed by atoms with Gasteiger partial charge in [0.25, 0.3) is 5.91 Å². The molecule has 1 aliphatic rings. The summed E-state index contributed by atoms with van der Waals surface area (Å²) in [6.45, 7) is 4.69. The van der Waals surface area contributed by atoms with Crippen molar-refractivity contribution in [2.75, 3.05) is 13.6 Å². The molecule has 3 rings (SSSR count). The lowest BCUT2D eigenvalue weighted by molar-refractivity contribution is 0.0782. The zero-order valence-corrected chi connectivity index (χ0v) is 14.2. The molecule has 0 radical (unpaired) electrons. The number of rotatable bonds is 3. The molecule has 0 N–H and O–H groups in total. The van der Waals surface area contributed by atoms with Gasteiger partial charge in [0, 0.05) is 29.8 Å². The third kappa shape index (κ3) is 2.87. The Labute approximate surface area is 133 Å². The first-order chi connectivity index (χ1) is 10.1. The van der Waals surface area contributed by atoms with Crippen molar-refractivity contribution in [3.8, 4) is 0 Å². The maximum absolute atomic E-state index is 12.5. The van der Waals surface area contributed by atoms with Gasteiger partial charge in [0.2, 0.25) is 0 Å². The zero-order valence-electron chi connectivity index (χ0n) is 12.5. The van der Waals surface area contributed by atoms with Crippen molar-refractivity contribution in [2.45, 2.75) is 39.0 Å². The second kappa shape index (κ2) is 5.85. The van der Waals surface area contributed by atoms with Crippen molar-refractivity contribution >= 4 is 28.8 Å². The van der Waals surface area contributed by atoms with Gasteiger partial charge >= 0.3 is 0 Å². The van der Waals surface area contributed by atoms with Gasteiger partial charge in [0.1, 0.15) is 0 Å². The number of likely N-dealkylation sites (N-methyl/N-ethyl adjacent to an activating group) is 1. The molecule has 1 amide bonds. The number of aromatic nitrogens is 2. The first kappa shape index (κ1) is 14.7. The van der Waals surface area contributed by atoms with Gasteiger partial charge in [0.05, 0.1) is 22.0 Å². The summed E-state index contributed by atoms with van der Waals surface area (Å²) in [7, 11) is 1.88. The van der Waals surface area contributed by atoms with Gasteiger partial charge in [0.15, 0.2) is 0 Å². The lowest BCUT2D eigenvalue weighted by Gasteiger charge is -2.26. The van der Waals surface area contributed by atoms with Gasteiger partial charge in [-0.3, -0.25) is 4.79 Å². The van der Waals surface area contributed by atoms with E-state index in [1.165, 1.54) is 28.5 Å². The smallest absolute Gasteiger partial charge is 0.256 e. The molecule has 1 atom stereocenters. The van der Waals surface area contributed by atoms with Crippen LogP contribution < -0.4 is 0 Å². The van der Waals surface area contributed by atoms with Gasteiger partial charge in [-0.25, -0.2) is 4.98 Å². The van der Waals surface area contributed by atoms with Crippen LogP contribution in [-0.4, -0.2) is 33.8 Å². The number of fused-ring (bicyclic) bond motifs is 1. The Hall–Kier alpha value is -1.27. The van der Waals surface area contributed by atoms with Crippen molar-refractivity contribution in [3.05, 3.63) is 32.2 Å². The van der Waals surface area contributed by atoms with Crippen LogP contribution in [0.4, 0.5) is 0 Å². The van der Waals surface area contributed by atoms with Crippen LogP contribution in [-0.2, 0) is 6.42 Å². The van der Waals surface area contributed by atoms with E-state index in [-0.39, 0.29) is 5.91 Å². The summed E-state index contributed by atoms with van der Waals surface area (Å²) in [6.07, 6.45) is 3.46. The minimum atomic E-state index is 0.0697. The number of hydrogen-bond acceptors (Lipinski definition) is 5. The number of aryl methyl sites for hydroxylation is 3. The van der Waals surface area contributed by atoms with E-state index in [4.69, 9.17) is 4.98 Å². The highest BCUT2D eigenvalue weighted by Gasteiger charge is 2.27. The van der Waals surface area contributed by atoms with E-state index >= 15 is 0 Å². The molecule has 2 heterocycles. The summed E-state index contributed by atoms with van der Waals surface area (Å²) in [4.78, 5) is 20.4. The Morgan fingerprint density at radius 1 is 1.48 bits per heavy atom. The average Bonchev–Trinajstić information content (AvgIpc) is 3.03. The second-order valence-electron chi connectivity index (χ2n) is 5.63. The molecule has 0 aromatic carbocycles. The van der Waals surface area contributed by atoms with Crippen LogP contribution >= 0.6 is 22.9 Å². The maximum Gasteiger partial charge on any atom is 0.256 e. The first-order valence-electron chi connectivity index (χ1n) is 7.19. The second-order valence-corrected chi connectivity index (χ2v) is 7.55. The summed E-state index contributed by atoms with van der Waals surface area (Å²) in [5.41, 5.74) is 2.78. The highest BCUT2D eigenvalue weighted by molar-refractivity contribution is 7.11. The third-order valence-corrected chi connectivity index (χ3v) is 5.77. The molecule has 112 valence electrons. The molecule has 0 aliphatic heterocycles. The Bertz CT molecular complexity index is 662. The zero-order chi connectivity index (χ0) is 15.0. The molecule has 2 aromatic heterocycles. The largest absolute Gasteiger partial charge is 0.341 e. The highest BCUT2D eigenvalue weighted by atomic mass is 32.1. The van der Waals surface area contributed by atoms with Gasteiger partial charge in [-0.1, -0.05) is 0 Å². The summed E-state index contributed by atoms with van der Waals surface area (Å²) >= 11 is 3.15. The van der Waals surface area contributed by atoms with Crippen LogP contribution in [0.15, 0.2) is 5.38 Å². The molecule has 1 aliphatic carbocycles. The maximum atomic E-state index is 12.5. The average molecular weight is 321 g/mol. The van der Waals surface area contributed by atoms with Crippen LogP contribution in [0.25, 0.3) is 0 Å². The van der Waals surface area contributed by atoms with E-state index in [0.717, 1.165) is 35.7 Å². The van der Waals surface area contributed by atoms with E-state index < -0.39 is 0 Å². The summed E-state index contributed by atoms with van der Waals surface area (Å²) in [5.74, 6) is 0.444. The third-order valence-electron chi connectivity index (χ3n) is 4.00. The van der Waals surface area contributed by atoms with Crippen LogP contribution in [0, 0.1) is 13.8 Å². The van der Waals surface area contributed by atoms with E-state index in [9.17, 15) is 4.79 Å². The van der Waals surface area contributed by atoms with E-state index in [1.807, 2.05) is 24.3 Å². The number of thiazole rings is 1. The molecule has 0 spiro atoms. The number of hydrogen-bond donors (Lipinski definition) is 0. The van der Waals surface area contributed by atoms with Crippen molar-refractivity contribution < 1.29 is 4.79 Å². The number of carbonyl (C=O) groups is 1. The Morgan fingerprint density at radius 2 is 2.29 bits per heavy atom. The minimum Gasteiger partial charge on any atom is -0.341 e. The fourth-order valence-electron chi connectivity index (χ4n) is 2.92. The molecular weight excluding hydrogens is 302 g/mol. The fraction of sp³-hybridized carbons (Fsp3) is 0.533. The van der Waals surface area contributed by atoms with Gasteiger partial charge < -0.3 is 4.90 Å². The van der Waals surface area contributed by atoms with Gasteiger partial charge in [-0.15, -0.1) is 11.3 Å². The standard InChI is InChI=1S/C15H19N3OS2/c1-9-12(8-20-17-9)15(19)18(3)7-11-5-4-6-13-14(11)16-10(2)21-13/h8,11H,4-7H2,1-3H3/t11-/m1/s1. The van der Waals surface area contributed by atoms with Crippen LogP contribution in [0.1, 0.15) is 50.4 Å². The molecular formula is C15H19N3OS2. The minimum absolute atomic E-state index is 0.0697. The molecule has 6 heteroatoms. The normalized spacial score (nSPS) is 17.6.